The second kappa shape index (κ2) is 5.65. The molecule has 20 heavy (non-hydrogen) atoms. The van der Waals surface area contributed by atoms with E-state index >= 15 is 0 Å². The third-order valence-corrected chi connectivity index (χ3v) is 3.76. The molecular weight excluding hydrogens is 270 g/mol. The van der Waals surface area contributed by atoms with E-state index in [1.165, 1.54) is 5.56 Å². The van der Waals surface area contributed by atoms with E-state index in [9.17, 15) is 0 Å². The Morgan fingerprint density at radius 3 is 2.55 bits per heavy atom. The van der Waals surface area contributed by atoms with Crippen LogP contribution in [0.25, 0.3) is 11.0 Å². The van der Waals surface area contributed by atoms with E-state index in [-0.39, 0.29) is 5.92 Å². The summed E-state index contributed by atoms with van der Waals surface area (Å²) in [5, 5.41) is 0.744. The Morgan fingerprint density at radius 2 is 1.85 bits per heavy atom. The van der Waals surface area contributed by atoms with Crippen LogP contribution in [0.3, 0.4) is 0 Å². The molecular formula is C16H16ClN3. The second-order valence-corrected chi connectivity index (χ2v) is 5.33. The smallest absolute Gasteiger partial charge is 0.107 e. The van der Waals surface area contributed by atoms with Crippen LogP contribution < -0.4 is 5.73 Å². The van der Waals surface area contributed by atoms with Crippen molar-refractivity contribution in [1.82, 2.24) is 9.97 Å². The van der Waals surface area contributed by atoms with Crippen molar-refractivity contribution >= 4 is 22.6 Å². The number of benzene rings is 2. The van der Waals surface area contributed by atoms with Gasteiger partial charge < -0.3 is 10.7 Å². The third-order valence-electron chi connectivity index (χ3n) is 3.50. The zero-order chi connectivity index (χ0) is 13.9. The standard InChI is InChI=1S/C16H16ClN3/c17-13-7-5-11(6-8-13)12(10-18)9-16-19-14-3-1-2-4-15(14)20-16/h1-8,12H,9-10,18H2,(H,19,20). The molecule has 1 atom stereocenters. The van der Waals surface area contributed by atoms with E-state index in [2.05, 4.69) is 9.97 Å². The lowest BCUT2D eigenvalue weighted by Crippen LogP contribution is -2.15. The van der Waals surface area contributed by atoms with Crippen molar-refractivity contribution in [2.75, 3.05) is 6.54 Å². The molecule has 1 heterocycles. The second-order valence-electron chi connectivity index (χ2n) is 4.89. The van der Waals surface area contributed by atoms with Gasteiger partial charge in [-0.15, -0.1) is 0 Å². The highest BCUT2D eigenvalue weighted by Gasteiger charge is 2.13. The van der Waals surface area contributed by atoms with Crippen molar-refractivity contribution < 1.29 is 0 Å². The van der Waals surface area contributed by atoms with Gasteiger partial charge in [-0.2, -0.15) is 0 Å². The van der Waals surface area contributed by atoms with Crippen LogP contribution >= 0.6 is 11.6 Å². The van der Waals surface area contributed by atoms with Gasteiger partial charge in [0.1, 0.15) is 5.82 Å². The average Bonchev–Trinajstić information content (AvgIpc) is 2.88. The fourth-order valence-electron chi connectivity index (χ4n) is 2.41. The summed E-state index contributed by atoms with van der Waals surface area (Å²) in [6, 6.07) is 15.9. The maximum Gasteiger partial charge on any atom is 0.107 e. The van der Waals surface area contributed by atoms with Crippen LogP contribution in [0.4, 0.5) is 0 Å². The largest absolute Gasteiger partial charge is 0.342 e. The van der Waals surface area contributed by atoms with E-state index in [1.807, 2.05) is 48.5 Å². The van der Waals surface area contributed by atoms with Crippen molar-refractivity contribution in [3.8, 4) is 0 Å². The van der Waals surface area contributed by atoms with Crippen LogP contribution in [0.2, 0.25) is 5.02 Å². The van der Waals surface area contributed by atoms with Crippen LogP contribution in [0.15, 0.2) is 48.5 Å². The molecule has 0 bridgehead atoms. The summed E-state index contributed by atoms with van der Waals surface area (Å²) in [4.78, 5) is 7.96. The number of rotatable bonds is 4. The van der Waals surface area contributed by atoms with Crippen molar-refractivity contribution in [2.45, 2.75) is 12.3 Å². The Balaban J connectivity index is 1.85. The highest BCUT2D eigenvalue weighted by atomic mass is 35.5. The lowest BCUT2D eigenvalue weighted by molar-refractivity contribution is 0.673. The van der Waals surface area contributed by atoms with Gasteiger partial charge in [-0.25, -0.2) is 4.98 Å². The van der Waals surface area contributed by atoms with E-state index in [1.54, 1.807) is 0 Å². The molecule has 3 aromatic rings. The molecule has 0 fully saturated rings. The number of fused-ring (bicyclic) bond motifs is 1. The topological polar surface area (TPSA) is 54.7 Å². The summed E-state index contributed by atoms with van der Waals surface area (Å²) >= 11 is 5.92. The number of para-hydroxylation sites is 2. The number of nitrogens with zero attached hydrogens (tertiary/aromatic N) is 1. The highest BCUT2D eigenvalue weighted by Crippen LogP contribution is 2.22. The summed E-state index contributed by atoms with van der Waals surface area (Å²) in [6.07, 6.45) is 0.798. The summed E-state index contributed by atoms with van der Waals surface area (Å²) in [6.45, 7) is 0.582. The van der Waals surface area contributed by atoms with E-state index < -0.39 is 0 Å². The van der Waals surface area contributed by atoms with Crippen molar-refractivity contribution in [3.63, 3.8) is 0 Å². The molecule has 0 amide bonds. The fourth-order valence-corrected chi connectivity index (χ4v) is 2.53. The predicted molar refractivity (Wildman–Crippen MR) is 83.0 cm³/mol. The maximum atomic E-state index is 5.92. The van der Waals surface area contributed by atoms with Gasteiger partial charge in [-0.05, 0) is 36.4 Å². The van der Waals surface area contributed by atoms with E-state index in [0.717, 1.165) is 28.3 Å². The van der Waals surface area contributed by atoms with E-state index in [4.69, 9.17) is 17.3 Å². The minimum atomic E-state index is 0.243. The molecule has 0 aliphatic carbocycles. The molecule has 0 radical (unpaired) electrons. The van der Waals surface area contributed by atoms with Crippen LogP contribution in [0.5, 0.6) is 0 Å². The summed E-state index contributed by atoms with van der Waals surface area (Å²) < 4.78 is 0. The Kier molecular flexibility index (Phi) is 3.72. The van der Waals surface area contributed by atoms with Crippen LogP contribution in [0, 0.1) is 0 Å². The number of nitrogens with one attached hydrogen (secondary N) is 1. The number of hydrogen-bond acceptors (Lipinski definition) is 2. The average molecular weight is 286 g/mol. The molecule has 4 heteroatoms. The number of aromatic nitrogens is 2. The minimum absolute atomic E-state index is 0.243. The maximum absolute atomic E-state index is 5.92. The van der Waals surface area contributed by atoms with Crippen molar-refractivity contribution in [2.24, 2.45) is 5.73 Å². The van der Waals surface area contributed by atoms with Crippen molar-refractivity contribution in [3.05, 3.63) is 64.9 Å². The lowest BCUT2D eigenvalue weighted by atomic mass is 9.96. The molecule has 0 aliphatic heterocycles. The molecule has 3 rings (SSSR count). The first-order chi connectivity index (χ1) is 9.76. The Bertz CT molecular complexity index is 670. The molecule has 3 nitrogen and oxygen atoms in total. The molecule has 3 N–H and O–H groups in total. The van der Waals surface area contributed by atoms with Gasteiger partial charge in [0.05, 0.1) is 11.0 Å². The number of halogens is 1. The molecule has 0 aliphatic rings. The molecule has 102 valence electrons. The highest BCUT2D eigenvalue weighted by molar-refractivity contribution is 6.30. The summed E-state index contributed by atoms with van der Waals surface area (Å²) in [7, 11) is 0. The van der Waals surface area contributed by atoms with Crippen LogP contribution in [-0.2, 0) is 6.42 Å². The first kappa shape index (κ1) is 13.2. The van der Waals surface area contributed by atoms with E-state index in [0.29, 0.717) is 6.54 Å². The van der Waals surface area contributed by atoms with Crippen LogP contribution in [0.1, 0.15) is 17.3 Å². The van der Waals surface area contributed by atoms with Crippen LogP contribution in [-0.4, -0.2) is 16.5 Å². The SMILES string of the molecule is NCC(Cc1nc2ccccc2[nH]1)c1ccc(Cl)cc1. The van der Waals surface area contributed by atoms with Gasteiger partial charge in [0.2, 0.25) is 0 Å². The van der Waals surface area contributed by atoms with Gasteiger partial charge in [0.15, 0.2) is 0 Å². The number of H-pyrrole nitrogens is 1. The van der Waals surface area contributed by atoms with Gasteiger partial charge >= 0.3 is 0 Å². The third kappa shape index (κ3) is 2.69. The van der Waals surface area contributed by atoms with Gasteiger partial charge in [-0.1, -0.05) is 35.9 Å². The predicted octanol–water partition coefficient (Wildman–Crippen LogP) is 3.50. The number of hydrogen-bond donors (Lipinski definition) is 2. The molecule has 0 spiro atoms. The summed E-state index contributed by atoms with van der Waals surface area (Å²) in [5.74, 6) is 1.21. The first-order valence-corrected chi connectivity index (χ1v) is 7.03. The fraction of sp³-hybridized carbons (Fsp3) is 0.188. The number of nitrogens with two attached hydrogens (primary N) is 1. The first-order valence-electron chi connectivity index (χ1n) is 6.65. The lowest BCUT2D eigenvalue weighted by Gasteiger charge is -2.13. The molecule has 1 aromatic heterocycles. The van der Waals surface area contributed by atoms with Gasteiger partial charge in [0, 0.05) is 17.4 Å². The zero-order valence-electron chi connectivity index (χ0n) is 11.0. The minimum Gasteiger partial charge on any atom is -0.342 e. The van der Waals surface area contributed by atoms with Gasteiger partial charge in [0.25, 0.3) is 0 Å². The monoisotopic (exact) mass is 285 g/mol. The number of imidazole rings is 1. The summed E-state index contributed by atoms with van der Waals surface area (Å²) in [5.41, 5.74) is 9.16. The quantitative estimate of drug-likeness (QED) is 0.771. The number of aromatic amines is 1. The van der Waals surface area contributed by atoms with Gasteiger partial charge in [-0.3, -0.25) is 0 Å². The Hall–Kier alpha value is -1.84. The molecule has 0 saturated carbocycles. The Labute approximate surface area is 122 Å². The molecule has 2 aromatic carbocycles. The van der Waals surface area contributed by atoms with Crippen molar-refractivity contribution in [1.29, 1.82) is 0 Å². The molecule has 0 saturated heterocycles. The normalized spacial score (nSPS) is 12.7. The Morgan fingerprint density at radius 1 is 1.10 bits per heavy atom. The molecule has 1 unspecified atom stereocenters. The zero-order valence-corrected chi connectivity index (χ0v) is 11.8.